The summed E-state index contributed by atoms with van der Waals surface area (Å²) in [5, 5.41) is 18.8. The van der Waals surface area contributed by atoms with E-state index >= 15 is 0 Å². The molecule has 0 aliphatic carbocycles. The van der Waals surface area contributed by atoms with Crippen molar-refractivity contribution in [2.24, 2.45) is 0 Å². The van der Waals surface area contributed by atoms with Crippen molar-refractivity contribution in [3.8, 4) is 0 Å². The molecule has 0 bridgehead atoms. The van der Waals surface area contributed by atoms with Crippen molar-refractivity contribution >= 4 is 11.6 Å². The van der Waals surface area contributed by atoms with Crippen molar-refractivity contribution < 1.29 is 10.2 Å². The van der Waals surface area contributed by atoms with Gasteiger partial charge in [0.25, 0.3) is 0 Å². The highest BCUT2D eigenvalue weighted by Crippen LogP contribution is 2.20. The maximum Gasteiger partial charge on any atom is 0.179 e. The van der Waals surface area contributed by atoms with E-state index in [-0.39, 0.29) is 0 Å². The Hall–Kier alpha value is -1.90. The number of aliphatic hydroxyl groups is 2. The molecule has 0 amide bonds. The molecule has 0 atom stereocenters. The van der Waals surface area contributed by atoms with E-state index in [1.54, 1.807) is 6.08 Å². The number of rotatable bonds is 3. The molecule has 0 heterocycles. The summed E-state index contributed by atoms with van der Waals surface area (Å²) < 4.78 is 0. The van der Waals surface area contributed by atoms with Crippen LogP contribution in [0, 0.1) is 0 Å². The maximum absolute atomic E-state index is 9.41. The van der Waals surface area contributed by atoms with Crippen LogP contribution in [0.4, 0.5) is 0 Å². The molecule has 0 aromatic heterocycles. The smallest absolute Gasteiger partial charge is 0.179 e. The van der Waals surface area contributed by atoms with Gasteiger partial charge in [0.2, 0.25) is 0 Å². The van der Waals surface area contributed by atoms with Crippen molar-refractivity contribution in [1.82, 2.24) is 0 Å². The van der Waals surface area contributed by atoms with E-state index in [1.165, 1.54) is 0 Å². The van der Waals surface area contributed by atoms with Gasteiger partial charge in [-0.1, -0.05) is 60.7 Å². The normalized spacial score (nSPS) is 11.8. The fourth-order valence-corrected chi connectivity index (χ4v) is 1.67. The van der Waals surface area contributed by atoms with Gasteiger partial charge in [-0.2, -0.15) is 0 Å². The van der Waals surface area contributed by atoms with Crippen LogP contribution in [0.5, 0.6) is 0 Å². The minimum atomic E-state index is -1.47. The summed E-state index contributed by atoms with van der Waals surface area (Å²) in [5.41, 5.74) is 2.25. The Labute approximate surface area is 100 Å². The third-order valence-corrected chi connectivity index (χ3v) is 2.51. The summed E-state index contributed by atoms with van der Waals surface area (Å²) >= 11 is 0. The molecule has 0 aliphatic rings. The van der Waals surface area contributed by atoms with Gasteiger partial charge in [0.05, 0.1) is 0 Å². The van der Waals surface area contributed by atoms with E-state index in [4.69, 9.17) is 0 Å². The minimum Gasteiger partial charge on any atom is -0.364 e. The summed E-state index contributed by atoms with van der Waals surface area (Å²) in [6.45, 7) is 0. The van der Waals surface area contributed by atoms with Crippen molar-refractivity contribution in [2.45, 2.75) is 6.29 Å². The molecule has 0 saturated heterocycles. The van der Waals surface area contributed by atoms with Crippen LogP contribution in [-0.4, -0.2) is 16.5 Å². The van der Waals surface area contributed by atoms with Crippen LogP contribution in [0.25, 0.3) is 11.6 Å². The van der Waals surface area contributed by atoms with Crippen LogP contribution in [-0.2, 0) is 0 Å². The monoisotopic (exact) mass is 226 g/mol. The second-order valence-electron chi connectivity index (χ2n) is 3.75. The summed E-state index contributed by atoms with van der Waals surface area (Å²) in [6, 6.07) is 18.9. The molecule has 2 N–H and O–H groups in total. The van der Waals surface area contributed by atoms with Crippen LogP contribution in [0.1, 0.15) is 11.1 Å². The largest absolute Gasteiger partial charge is 0.364 e. The number of hydrogen-bond acceptors (Lipinski definition) is 2. The van der Waals surface area contributed by atoms with E-state index in [1.807, 2.05) is 60.7 Å². The van der Waals surface area contributed by atoms with Crippen molar-refractivity contribution in [3.05, 3.63) is 71.8 Å². The van der Waals surface area contributed by atoms with Crippen LogP contribution >= 0.6 is 0 Å². The standard InChI is InChI=1S/C15H14O2/c16-15(17)14(13-9-5-2-6-10-13)11-12-7-3-1-4-8-12/h1-11,15-17H. The van der Waals surface area contributed by atoms with Crippen LogP contribution in [0.2, 0.25) is 0 Å². The molecular weight excluding hydrogens is 212 g/mol. The Morgan fingerprint density at radius 1 is 0.824 bits per heavy atom. The van der Waals surface area contributed by atoms with Crippen molar-refractivity contribution in [1.29, 1.82) is 0 Å². The lowest BCUT2D eigenvalue weighted by atomic mass is 10.0. The molecule has 0 radical (unpaired) electrons. The molecule has 0 saturated carbocycles. The highest BCUT2D eigenvalue weighted by molar-refractivity contribution is 5.82. The Morgan fingerprint density at radius 3 is 1.88 bits per heavy atom. The number of hydrogen-bond donors (Lipinski definition) is 2. The van der Waals surface area contributed by atoms with E-state index < -0.39 is 6.29 Å². The average molecular weight is 226 g/mol. The Bertz CT molecular complexity index is 487. The minimum absolute atomic E-state index is 0.497. The van der Waals surface area contributed by atoms with Crippen LogP contribution in [0.15, 0.2) is 60.7 Å². The van der Waals surface area contributed by atoms with Gasteiger partial charge in [0.1, 0.15) is 0 Å². The molecule has 0 aliphatic heterocycles. The molecule has 86 valence electrons. The molecule has 2 nitrogen and oxygen atoms in total. The zero-order valence-electron chi connectivity index (χ0n) is 9.32. The third kappa shape index (κ3) is 3.03. The van der Waals surface area contributed by atoms with E-state index in [0.29, 0.717) is 5.57 Å². The number of benzene rings is 2. The first kappa shape index (κ1) is 11.6. The van der Waals surface area contributed by atoms with E-state index in [9.17, 15) is 10.2 Å². The fraction of sp³-hybridized carbons (Fsp3) is 0.0667. The van der Waals surface area contributed by atoms with Crippen LogP contribution in [0.3, 0.4) is 0 Å². The lowest BCUT2D eigenvalue weighted by Gasteiger charge is -2.10. The Kier molecular flexibility index (Phi) is 3.70. The predicted octanol–water partition coefficient (Wildman–Crippen LogP) is 2.54. The van der Waals surface area contributed by atoms with Gasteiger partial charge >= 0.3 is 0 Å². The molecule has 17 heavy (non-hydrogen) atoms. The first-order valence-corrected chi connectivity index (χ1v) is 5.45. The second-order valence-corrected chi connectivity index (χ2v) is 3.75. The molecule has 2 aromatic carbocycles. The SMILES string of the molecule is OC(O)C(=Cc1ccccc1)c1ccccc1. The molecular formula is C15H14O2. The fourth-order valence-electron chi connectivity index (χ4n) is 1.67. The van der Waals surface area contributed by atoms with Gasteiger partial charge < -0.3 is 10.2 Å². The molecule has 2 heteroatoms. The van der Waals surface area contributed by atoms with Gasteiger partial charge in [-0.3, -0.25) is 0 Å². The lowest BCUT2D eigenvalue weighted by molar-refractivity contribution is 0.0118. The summed E-state index contributed by atoms with van der Waals surface area (Å²) in [7, 11) is 0. The molecule has 2 rings (SSSR count). The maximum atomic E-state index is 9.41. The van der Waals surface area contributed by atoms with Gasteiger partial charge in [-0.15, -0.1) is 0 Å². The Morgan fingerprint density at radius 2 is 1.35 bits per heavy atom. The predicted molar refractivity (Wildman–Crippen MR) is 69.0 cm³/mol. The van der Waals surface area contributed by atoms with Crippen molar-refractivity contribution in [2.75, 3.05) is 0 Å². The molecule has 0 spiro atoms. The van der Waals surface area contributed by atoms with Gasteiger partial charge in [0, 0.05) is 5.57 Å². The van der Waals surface area contributed by atoms with Crippen molar-refractivity contribution in [3.63, 3.8) is 0 Å². The zero-order chi connectivity index (χ0) is 12.1. The first-order chi connectivity index (χ1) is 8.27. The third-order valence-electron chi connectivity index (χ3n) is 2.51. The van der Waals surface area contributed by atoms with E-state index in [2.05, 4.69) is 0 Å². The summed E-state index contributed by atoms with van der Waals surface area (Å²) in [5.74, 6) is 0. The van der Waals surface area contributed by atoms with Crippen LogP contribution < -0.4 is 0 Å². The highest BCUT2D eigenvalue weighted by atomic mass is 16.5. The van der Waals surface area contributed by atoms with E-state index in [0.717, 1.165) is 11.1 Å². The molecule has 2 aromatic rings. The van der Waals surface area contributed by atoms with Gasteiger partial charge in [-0.05, 0) is 17.2 Å². The van der Waals surface area contributed by atoms with Gasteiger partial charge in [0.15, 0.2) is 6.29 Å². The zero-order valence-corrected chi connectivity index (χ0v) is 9.32. The quantitative estimate of drug-likeness (QED) is 0.623. The number of aliphatic hydroxyl groups excluding tert-OH is 1. The molecule has 0 fully saturated rings. The lowest BCUT2D eigenvalue weighted by Crippen LogP contribution is -2.07. The second kappa shape index (κ2) is 5.43. The topological polar surface area (TPSA) is 40.5 Å². The Balaban J connectivity index is 2.40. The molecule has 0 unspecified atom stereocenters. The highest BCUT2D eigenvalue weighted by Gasteiger charge is 2.08. The average Bonchev–Trinajstić information content (AvgIpc) is 2.38. The summed E-state index contributed by atoms with van der Waals surface area (Å²) in [4.78, 5) is 0. The first-order valence-electron chi connectivity index (χ1n) is 5.45. The summed E-state index contributed by atoms with van der Waals surface area (Å²) in [6.07, 6.45) is 0.303. The van der Waals surface area contributed by atoms with Gasteiger partial charge in [-0.25, -0.2) is 0 Å².